The number of rotatable bonds is 7. The van der Waals surface area contributed by atoms with Crippen molar-refractivity contribution >= 4 is 17.7 Å². The van der Waals surface area contributed by atoms with Crippen molar-refractivity contribution in [2.45, 2.75) is 38.6 Å². The topological polar surface area (TPSA) is 100 Å². The molecule has 3 amide bonds. The summed E-state index contributed by atoms with van der Waals surface area (Å²) in [6.07, 6.45) is 6.03. The van der Waals surface area contributed by atoms with Crippen LogP contribution >= 0.6 is 0 Å². The molecule has 3 N–H and O–H groups in total. The minimum atomic E-state index is -0.481. The molecule has 7 nitrogen and oxygen atoms in total. The lowest BCUT2D eigenvalue weighted by Gasteiger charge is -2.20. The Balaban J connectivity index is 1.41. The molecule has 0 aliphatic heterocycles. The highest BCUT2D eigenvalue weighted by Crippen LogP contribution is 2.24. The Morgan fingerprint density at radius 1 is 1.00 bits per heavy atom. The van der Waals surface area contributed by atoms with Crippen molar-refractivity contribution in [3.05, 3.63) is 59.0 Å². The van der Waals surface area contributed by atoms with E-state index in [1.54, 1.807) is 6.07 Å². The molecule has 0 radical (unpaired) electrons. The van der Waals surface area contributed by atoms with Gasteiger partial charge in [-0.05, 0) is 61.4 Å². The van der Waals surface area contributed by atoms with Gasteiger partial charge in [0, 0.05) is 0 Å². The number of furan rings is 1. The van der Waals surface area contributed by atoms with Gasteiger partial charge < -0.3 is 20.4 Å². The van der Waals surface area contributed by atoms with Gasteiger partial charge >= 0.3 is 0 Å². The number of benzene rings is 1. The van der Waals surface area contributed by atoms with Gasteiger partial charge in [-0.2, -0.15) is 0 Å². The summed E-state index contributed by atoms with van der Waals surface area (Å²) in [5.74, 6) is -1.08. The van der Waals surface area contributed by atoms with E-state index in [9.17, 15) is 14.4 Å². The van der Waals surface area contributed by atoms with Crippen LogP contribution in [0.25, 0.3) is 0 Å². The molecule has 28 heavy (non-hydrogen) atoms. The van der Waals surface area contributed by atoms with Gasteiger partial charge in [-0.3, -0.25) is 14.4 Å². The van der Waals surface area contributed by atoms with Gasteiger partial charge in [-0.25, -0.2) is 0 Å². The average Bonchev–Trinajstić information content (AvgIpc) is 3.25. The minimum Gasteiger partial charge on any atom is -0.459 e. The molecule has 0 saturated carbocycles. The predicted octanol–water partition coefficient (Wildman–Crippen LogP) is 1.88. The lowest BCUT2D eigenvalue weighted by Crippen LogP contribution is -2.42. The first-order valence-corrected chi connectivity index (χ1v) is 9.52. The second kappa shape index (κ2) is 9.21. The molecule has 1 aromatic carbocycles. The molecular weight excluding hydrogens is 358 g/mol. The van der Waals surface area contributed by atoms with E-state index in [0.29, 0.717) is 0 Å². The fraction of sp³-hybridized carbons (Fsp3) is 0.381. The summed E-state index contributed by atoms with van der Waals surface area (Å²) in [5.41, 5.74) is 3.83. The largest absolute Gasteiger partial charge is 0.459 e. The molecule has 1 aliphatic carbocycles. The number of nitrogens with one attached hydrogen (secondary N) is 3. The highest BCUT2D eigenvalue weighted by molar-refractivity contribution is 5.94. The molecule has 1 heterocycles. The Kier molecular flexibility index (Phi) is 6.47. The molecule has 0 bridgehead atoms. The smallest absolute Gasteiger partial charge is 0.287 e. The first kappa shape index (κ1) is 19.7. The van der Waals surface area contributed by atoms with Crippen molar-refractivity contribution in [2.24, 2.45) is 0 Å². The summed E-state index contributed by atoms with van der Waals surface area (Å²) >= 11 is 0. The molecule has 7 heteroatoms. The molecule has 0 fully saturated rings. The zero-order chi connectivity index (χ0) is 19.9. The third-order valence-corrected chi connectivity index (χ3v) is 4.85. The Bertz CT molecular complexity index is 845. The molecule has 0 saturated heterocycles. The molecule has 1 aromatic heterocycles. The third kappa shape index (κ3) is 5.22. The quantitative estimate of drug-likeness (QED) is 0.680. The maximum Gasteiger partial charge on any atom is 0.287 e. The van der Waals surface area contributed by atoms with Gasteiger partial charge in [-0.1, -0.05) is 18.2 Å². The molecule has 1 atom stereocenters. The Morgan fingerprint density at radius 3 is 2.50 bits per heavy atom. The van der Waals surface area contributed by atoms with Crippen LogP contribution in [0.1, 0.15) is 53.1 Å². The van der Waals surface area contributed by atoms with Gasteiger partial charge in [0.25, 0.3) is 5.91 Å². The second-order valence-corrected chi connectivity index (χ2v) is 6.96. The maximum atomic E-state index is 12.1. The van der Waals surface area contributed by atoms with Crippen LogP contribution in [-0.4, -0.2) is 30.8 Å². The summed E-state index contributed by atoms with van der Waals surface area (Å²) in [6.45, 7) is 1.55. The normalized spacial score (nSPS) is 13.9. The number of hydrogen-bond donors (Lipinski definition) is 3. The van der Waals surface area contributed by atoms with E-state index in [0.717, 1.165) is 18.4 Å². The van der Waals surface area contributed by atoms with Crippen LogP contribution in [0.2, 0.25) is 0 Å². The number of carbonyl (C=O) groups is 3. The zero-order valence-electron chi connectivity index (χ0n) is 15.9. The van der Waals surface area contributed by atoms with Crippen molar-refractivity contribution in [1.29, 1.82) is 0 Å². The van der Waals surface area contributed by atoms with Crippen molar-refractivity contribution in [1.82, 2.24) is 16.0 Å². The standard InChI is InChI=1S/C21H25N3O4/c1-14(16-9-8-15-5-2-3-6-17(15)11-16)24-20(26)13-22-19(25)12-23-21(27)18-7-4-10-28-18/h4,7-11,14H,2-3,5-6,12-13H2,1H3,(H,22,25)(H,23,27)(H,24,26)/t14-/m0/s1. The van der Waals surface area contributed by atoms with Gasteiger partial charge in [0.1, 0.15) is 0 Å². The van der Waals surface area contributed by atoms with E-state index in [4.69, 9.17) is 4.42 Å². The fourth-order valence-electron chi connectivity index (χ4n) is 3.30. The molecular formula is C21H25N3O4. The summed E-state index contributed by atoms with van der Waals surface area (Å²) in [4.78, 5) is 35.6. The summed E-state index contributed by atoms with van der Waals surface area (Å²) < 4.78 is 4.94. The number of amides is 3. The van der Waals surface area contributed by atoms with Gasteiger partial charge in [0.15, 0.2) is 5.76 Å². The monoisotopic (exact) mass is 383 g/mol. The first-order valence-electron chi connectivity index (χ1n) is 9.52. The molecule has 148 valence electrons. The van der Waals surface area contributed by atoms with Crippen LogP contribution in [-0.2, 0) is 22.4 Å². The van der Waals surface area contributed by atoms with Crippen LogP contribution in [0.3, 0.4) is 0 Å². The summed E-state index contributed by atoms with van der Waals surface area (Å²) in [6, 6.07) is 9.32. The number of hydrogen-bond acceptors (Lipinski definition) is 4. The van der Waals surface area contributed by atoms with E-state index in [1.165, 1.54) is 36.3 Å². The van der Waals surface area contributed by atoms with Crippen molar-refractivity contribution in [3.63, 3.8) is 0 Å². The summed E-state index contributed by atoms with van der Waals surface area (Å²) in [7, 11) is 0. The third-order valence-electron chi connectivity index (χ3n) is 4.85. The molecule has 1 aliphatic rings. The van der Waals surface area contributed by atoms with Crippen molar-refractivity contribution in [2.75, 3.05) is 13.1 Å². The van der Waals surface area contributed by atoms with E-state index >= 15 is 0 Å². The lowest BCUT2D eigenvalue weighted by atomic mass is 9.89. The van der Waals surface area contributed by atoms with E-state index in [2.05, 4.69) is 34.1 Å². The van der Waals surface area contributed by atoms with Crippen LogP contribution in [0, 0.1) is 0 Å². The summed E-state index contributed by atoms with van der Waals surface area (Å²) in [5, 5.41) is 7.81. The van der Waals surface area contributed by atoms with Crippen molar-refractivity contribution < 1.29 is 18.8 Å². The Hall–Kier alpha value is -3.09. The number of carbonyl (C=O) groups excluding carboxylic acids is 3. The minimum absolute atomic E-state index is 0.129. The van der Waals surface area contributed by atoms with E-state index in [-0.39, 0.29) is 30.8 Å². The van der Waals surface area contributed by atoms with Crippen LogP contribution in [0.15, 0.2) is 41.0 Å². The highest BCUT2D eigenvalue weighted by atomic mass is 16.3. The SMILES string of the molecule is C[C@H](NC(=O)CNC(=O)CNC(=O)c1ccco1)c1ccc2c(c1)CCCC2. The first-order chi connectivity index (χ1) is 13.5. The second-order valence-electron chi connectivity index (χ2n) is 6.96. The van der Waals surface area contributed by atoms with Crippen LogP contribution in [0.4, 0.5) is 0 Å². The van der Waals surface area contributed by atoms with Crippen LogP contribution < -0.4 is 16.0 Å². The molecule has 0 spiro atoms. The Labute approximate surface area is 163 Å². The Morgan fingerprint density at radius 2 is 1.75 bits per heavy atom. The predicted molar refractivity (Wildman–Crippen MR) is 104 cm³/mol. The average molecular weight is 383 g/mol. The zero-order valence-corrected chi connectivity index (χ0v) is 15.9. The van der Waals surface area contributed by atoms with E-state index in [1.807, 2.05) is 6.92 Å². The molecule has 0 unspecified atom stereocenters. The highest BCUT2D eigenvalue weighted by Gasteiger charge is 2.15. The lowest BCUT2D eigenvalue weighted by molar-refractivity contribution is -0.125. The van der Waals surface area contributed by atoms with Gasteiger partial charge in [0.05, 0.1) is 25.4 Å². The number of fused-ring (bicyclic) bond motifs is 1. The number of aryl methyl sites for hydroxylation is 2. The van der Waals surface area contributed by atoms with Gasteiger partial charge in [0.2, 0.25) is 11.8 Å². The maximum absolute atomic E-state index is 12.1. The molecule has 2 aromatic rings. The van der Waals surface area contributed by atoms with Gasteiger partial charge in [-0.15, -0.1) is 0 Å². The van der Waals surface area contributed by atoms with Crippen molar-refractivity contribution in [3.8, 4) is 0 Å². The van der Waals surface area contributed by atoms with E-state index < -0.39 is 11.8 Å². The fourth-order valence-corrected chi connectivity index (χ4v) is 3.30. The van der Waals surface area contributed by atoms with Crippen LogP contribution in [0.5, 0.6) is 0 Å². The molecule has 3 rings (SSSR count).